The van der Waals surface area contributed by atoms with Gasteiger partial charge in [0.2, 0.25) is 0 Å². The fraction of sp³-hybridized carbons (Fsp3) is 0.500. The van der Waals surface area contributed by atoms with Crippen LogP contribution in [0.5, 0.6) is 11.5 Å². The Kier molecular flexibility index (Phi) is 4.73. The largest absolute Gasteiger partial charge is 0.493 e. The van der Waals surface area contributed by atoms with Gasteiger partial charge in [-0.2, -0.15) is 0 Å². The third kappa shape index (κ3) is 2.69. The minimum atomic E-state index is -0.902. The maximum atomic E-state index is 11.6. The molecule has 0 amide bonds. The summed E-state index contributed by atoms with van der Waals surface area (Å²) in [6, 6.07) is 2.64. The molecule has 1 aromatic carbocycles. The Labute approximate surface area is 123 Å². The number of likely N-dealkylation sites (tertiary alicyclic amines) is 1. The second-order valence-electron chi connectivity index (χ2n) is 4.69. The number of benzene rings is 1. The number of carbonyl (C=O) groups is 1. The van der Waals surface area contributed by atoms with Crippen molar-refractivity contribution < 1.29 is 19.4 Å². The topological polar surface area (TPSA) is 59.0 Å². The van der Waals surface area contributed by atoms with Crippen molar-refractivity contribution in [2.45, 2.75) is 18.9 Å². The zero-order chi connectivity index (χ0) is 14.7. The van der Waals surface area contributed by atoms with Crippen LogP contribution in [0.2, 0.25) is 5.02 Å². The Bertz CT molecular complexity index is 500. The normalized spacial score (nSPS) is 16.9. The number of hydrogen-bond acceptors (Lipinski definition) is 4. The first kappa shape index (κ1) is 14.9. The van der Waals surface area contributed by atoms with E-state index in [-0.39, 0.29) is 0 Å². The molecule has 0 aliphatic carbocycles. The van der Waals surface area contributed by atoms with Gasteiger partial charge in [-0.15, -0.1) is 0 Å². The average Bonchev–Trinajstić information content (AvgIpc) is 2.94. The van der Waals surface area contributed by atoms with Crippen molar-refractivity contribution in [3.05, 3.63) is 22.7 Å². The molecule has 1 fully saturated rings. The molecule has 1 N–H and O–H groups in total. The minimum absolute atomic E-state index is 0.297. The molecule has 0 aromatic heterocycles. The summed E-state index contributed by atoms with van der Waals surface area (Å²) in [6.45, 7) is 1.53. The summed E-state index contributed by atoms with van der Waals surface area (Å²) in [5, 5.41) is 9.83. The Balaban J connectivity index is 2.45. The summed E-state index contributed by atoms with van der Waals surface area (Å²) in [5.74, 6) is -0.0371. The lowest BCUT2D eigenvalue weighted by Crippen LogP contribution is -2.32. The Hall–Kier alpha value is -1.46. The average molecular weight is 300 g/mol. The van der Waals surface area contributed by atoms with Gasteiger partial charge in [0.25, 0.3) is 0 Å². The van der Waals surface area contributed by atoms with E-state index in [0.29, 0.717) is 22.1 Å². The van der Waals surface area contributed by atoms with Gasteiger partial charge in [-0.05, 0) is 32.0 Å². The van der Waals surface area contributed by atoms with E-state index in [9.17, 15) is 9.90 Å². The van der Waals surface area contributed by atoms with E-state index in [1.807, 2.05) is 4.90 Å². The second kappa shape index (κ2) is 6.33. The van der Waals surface area contributed by atoms with Crippen LogP contribution in [0.4, 0.5) is 0 Å². The van der Waals surface area contributed by atoms with Crippen molar-refractivity contribution >= 4 is 17.6 Å². The van der Waals surface area contributed by atoms with Crippen LogP contribution in [0.3, 0.4) is 0 Å². The van der Waals surface area contributed by atoms with Crippen LogP contribution in [0.1, 0.15) is 24.4 Å². The molecule has 1 aliphatic heterocycles. The maximum absolute atomic E-state index is 11.6. The molecule has 20 heavy (non-hydrogen) atoms. The number of methoxy groups -OCH3 is 2. The van der Waals surface area contributed by atoms with E-state index in [4.69, 9.17) is 21.1 Å². The molecule has 0 bridgehead atoms. The van der Waals surface area contributed by atoms with Crippen LogP contribution >= 0.6 is 11.6 Å². The van der Waals surface area contributed by atoms with Crippen molar-refractivity contribution in [3.63, 3.8) is 0 Å². The van der Waals surface area contributed by atoms with E-state index >= 15 is 0 Å². The lowest BCUT2D eigenvalue weighted by atomic mass is 10.0. The van der Waals surface area contributed by atoms with E-state index in [0.717, 1.165) is 25.9 Å². The molecule has 0 spiro atoms. The molecule has 1 aliphatic rings. The Morgan fingerprint density at radius 1 is 1.30 bits per heavy atom. The number of carboxylic acid groups (broad SMARTS) is 1. The van der Waals surface area contributed by atoms with E-state index < -0.39 is 12.0 Å². The summed E-state index contributed by atoms with van der Waals surface area (Å²) in [7, 11) is 3.00. The first-order chi connectivity index (χ1) is 9.60. The monoisotopic (exact) mass is 299 g/mol. The lowest BCUT2D eigenvalue weighted by Gasteiger charge is -2.25. The van der Waals surface area contributed by atoms with Crippen molar-refractivity contribution in [1.29, 1.82) is 0 Å². The molecule has 1 unspecified atom stereocenters. The fourth-order valence-corrected chi connectivity index (χ4v) is 2.94. The molecule has 1 heterocycles. The van der Waals surface area contributed by atoms with Gasteiger partial charge in [0.15, 0.2) is 11.5 Å². The standard InChI is InChI=1S/C14H18ClNO4/c1-19-10-6-5-9(11(15)13(10)20-2)12(14(17)18)16-7-3-4-8-16/h5-6,12H,3-4,7-8H2,1-2H3,(H,17,18). The first-order valence-corrected chi connectivity index (χ1v) is 6.85. The molecule has 0 saturated carbocycles. The molecule has 0 radical (unpaired) electrons. The lowest BCUT2D eigenvalue weighted by molar-refractivity contribution is -0.143. The number of halogens is 1. The zero-order valence-electron chi connectivity index (χ0n) is 11.6. The third-order valence-corrected chi connectivity index (χ3v) is 3.94. The third-order valence-electron chi connectivity index (χ3n) is 3.55. The first-order valence-electron chi connectivity index (χ1n) is 6.47. The van der Waals surface area contributed by atoms with Gasteiger partial charge < -0.3 is 14.6 Å². The molecular formula is C14H18ClNO4. The number of aliphatic carboxylic acids is 1. The van der Waals surface area contributed by atoms with Gasteiger partial charge in [-0.1, -0.05) is 17.7 Å². The van der Waals surface area contributed by atoms with Gasteiger partial charge in [-0.25, -0.2) is 0 Å². The van der Waals surface area contributed by atoms with Crippen molar-refractivity contribution in [2.75, 3.05) is 27.3 Å². The quantitative estimate of drug-likeness (QED) is 0.905. The maximum Gasteiger partial charge on any atom is 0.325 e. The Morgan fingerprint density at radius 2 is 1.95 bits per heavy atom. The van der Waals surface area contributed by atoms with Gasteiger partial charge in [0, 0.05) is 5.56 Å². The molecule has 5 nitrogen and oxygen atoms in total. The smallest absolute Gasteiger partial charge is 0.325 e. The van der Waals surface area contributed by atoms with Crippen LogP contribution in [0, 0.1) is 0 Å². The van der Waals surface area contributed by atoms with Crippen LogP contribution in [-0.2, 0) is 4.79 Å². The van der Waals surface area contributed by atoms with Gasteiger partial charge in [0.05, 0.1) is 19.2 Å². The molecule has 2 rings (SSSR count). The van der Waals surface area contributed by atoms with E-state index in [2.05, 4.69) is 0 Å². The van der Waals surface area contributed by atoms with E-state index in [1.54, 1.807) is 12.1 Å². The van der Waals surface area contributed by atoms with Crippen molar-refractivity contribution in [2.24, 2.45) is 0 Å². The number of ether oxygens (including phenoxy) is 2. The molecule has 6 heteroatoms. The minimum Gasteiger partial charge on any atom is -0.493 e. The predicted molar refractivity (Wildman–Crippen MR) is 75.7 cm³/mol. The number of rotatable bonds is 5. The second-order valence-corrected chi connectivity index (χ2v) is 5.07. The van der Waals surface area contributed by atoms with Gasteiger partial charge >= 0.3 is 5.97 Å². The molecule has 1 saturated heterocycles. The summed E-state index contributed by atoms with van der Waals surface area (Å²) in [6.07, 6.45) is 2.02. The highest BCUT2D eigenvalue weighted by Gasteiger charge is 2.32. The number of carboxylic acids is 1. The number of nitrogens with zero attached hydrogens (tertiary/aromatic N) is 1. The van der Waals surface area contributed by atoms with Crippen LogP contribution in [0.15, 0.2) is 12.1 Å². The van der Waals surface area contributed by atoms with Gasteiger partial charge in [0.1, 0.15) is 6.04 Å². The highest BCUT2D eigenvalue weighted by atomic mass is 35.5. The highest BCUT2D eigenvalue weighted by Crippen LogP contribution is 2.41. The van der Waals surface area contributed by atoms with Crippen molar-refractivity contribution in [1.82, 2.24) is 4.90 Å². The summed E-state index contributed by atoms with van der Waals surface area (Å²) in [4.78, 5) is 13.5. The summed E-state index contributed by atoms with van der Waals surface area (Å²) < 4.78 is 10.4. The molecule has 110 valence electrons. The van der Waals surface area contributed by atoms with E-state index in [1.165, 1.54) is 14.2 Å². The van der Waals surface area contributed by atoms with Crippen LogP contribution < -0.4 is 9.47 Å². The summed E-state index contributed by atoms with van der Waals surface area (Å²) in [5.41, 5.74) is 0.540. The molecular weight excluding hydrogens is 282 g/mol. The predicted octanol–water partition coefficient (Wildman–Crippen LogP) is 2.58. The number of hydrogen-bond donors (Lipinski definition) is 1. The molecule has 1 aromatic rings. The summed E-state index contributed by atoms with van der Waals surface area (Å²) >= 11 is 6.32. The van der Waals surface area contributed by atoms with Crippen LogP contribution in [-0.4, -0.2) is 43.3 Å². The Morgan fingerprint density at radius 3 is 2.45 bits per heavy atom. The molecule has 1 atom stereocenters. The zero-order valence-corrected chi connectivity index (χ0v) is 12.3. The fourth-order valence-electron chi connectivity index (χ4n) is 2.60. The van der Waals surface area contributed by atoms with Gasteiger partial charge in [-0.3, -0.25) is 9.69 Å². The highest BCUT2D eigenvalue weighted by molar-refractivity contribution is 6.33. The van der Waals surface area contributed by atoms with Crippen molar-refractivity contribution in [3.8, 4) is 11.5 Å². The SMILES string of the molecule is COc1ccc(C(C(=O)O)N2CCCC2)c(Cl)c1OC. The van der Waals surface area contributed by atoms with Crippen LogP contribution in [0.25, 0.3) is 0 Å².